The number of ketones is 1. The van der Waals surface area contributed by atoms with Gasteiger partial charge in [-0.15, -0.1) is 0 Å². The van der Waals surface area contributed by atoms with Gasteiger partial charge < -0.3 is 4.74 Å². The second kappa shape index (κ2) is 3.09. The summed E-state index contributed by atoms with van der Waals surface area (Å²) < 4.78 is 5.60. The molecule has 1 aliphatic heterocycles. The minimum atomic E-state index is 0.164. The van der Waals surface area contributed by atoms with E-state index in [2.05, 4.69) is 0 Å². The van der Waals surface area contributed by atoms with Gasteiger partial charge in [0.15, 0.2) is 5.78 Å². The zero-order valence-electron chi connectivity index (χ0n) is 8.19. The third kappa shape index (κ3) is 1.30. The molecule has 0 atom stereocenters. The number of carbonyl (C=O) groups excluding carboxylic acids is 1. The van der Waals surface area contributed by atoms with Gasteiger partial charge in [-0.1, -0.05) is 24.3 Å². The second-order valence-electron chi connectivity index (χ2n) is 3.78. The van der Waals surface area contributed by atoms with E-state index in [0.717, 1.165) is 22.5 Å². The fourth-order valence-electron chi connectivity index (χ4n) is 2.05. The fraction of sp³-hybridized carbons (Fsp3) is 0.154. The Morgan fingerprint density at radius 1 is 1.13 bits per heavy atom. The average molecular weight is 198 g/mol. The predicted octanol–water partition coefficient (Wildman–Crippen LogP) is 2.36. The molecule has 0 bridgehead atoms. The van der Waals surface area contributed by atoms with Gasteiger partial charge in [0, 0.05) is 12.0 Å². The van der Waals surface area contributed by atoms with E-state index < -0.39 is 0 Å². The molecule has 0 N–H and O–H groups in total. The van der Waals surface area contributed by atoms with Crippen LogP contribution >= 0.6 is 0 Å². The minimum Gasteiger partial charge on any atom is -0.489 e. The van der Waals surface area contributed by atoms with Gasteiger partial charge in [-0.05, 0) is 23.3 Å². The number of para-hydroxylation sites is 1. The molecule has 1 aromatic rings. The maximum absolute atomic E-state index is 11.3. The Balaban J connectivity index is 2.16. The Labute approximate surface area is 87.9 Å². The monoisotopic (exact) mass is 198 g/mol. The lowest BCUT2D eigenvalue weighted by molar-refractivity contribution is -0.114. The highest BCUT2D eigenvalue weighted by atomic mass is 16.5. The van der Waals surface area contributed by atoms with E-state index in [0.29, 0.717) is 13.0 Å². The predicted molar refractivity (Wildman–Crippen MR) is 57.6 cm³/mol. The molecule has 15 heavy (non-hydrogen) atoms. The number of rotatable bonds is 0. The molecule has 1 aromatic carbocycles. The van der Waals surface area contributed by atoms with Crippen LogP contribution < -0.4 is 4.74 Å². The van der Waals surface area contributed by atoms with Crippen LogP contribution in [0.2, 0.25) is 0 Å². The first-order chi connectivity index (χ1) is 7.34. The smallest absolute Gasteiger partial charge is 0.159 e. The molecule has 0 amide bonds. The maximum Gasteiger partial charge on any atom is 0.159 e. The summed E-state index contributed by atoms with van der Waals surface area (Å²) in [6.07, 6.45) is 4.06. The number of fused-ring (bicyclic) bond motifs is 2. The largest absolute Gasteiger partial charge is 0.489 e. The van der Waals surface area contributed by atoms with Gasteiger partial charge in [0.05, 0.1) is 0 Å². The van der Waals surface area contributed by atoms with E-state index in [4.69, 9.17) is 4.74 Å². The van der Waals surface area contributed by atoms with Crippen LogP contribution in [0.3, 0.4) is 0 Å². The zero-order chi connectivity index (χ0) is 10.3. The molecule has 2 heteroatoms. The maximum atomic E-state index is 11.3. The molecule has 0 spiro atoms. The minimum absolute atomic E-state index is 0.164. The summed E-state index contributed by atoms with van der Waals surface area (Å²) in [5.41, 5.74) is 3.36. The summed E-state index contributed by atoms with van der Waals surface area (Å²) >= 11 is 0. The van der Waals surface area contributed by atoms with E-state index in [1.807, 2.05) is 30.3 Å². The Morgan fingerprint density at radius 3 is 2.93 bits per heavy atom. The zero-order valence-corrected chi connectivity index (χ0v) is 8.19. The van der Waals surface area contributed by atoms with E-state index >= 15 is 0 Å². The van der Waals surface area contributed by atoms with Crippen molar-refractivity contribution in [2.45, 2.75) is 6.42 Å². The number of allylic oxidation sites excluding steroid dienone is 3. The van der Waals surface area contributed by atoms with Crippen molar-refractivity contribution in [2.24, 2.45) is 0 Å². The van der Waals surface area contributed by atoms with E-state index in [1.54, 1.807) is 6.08 Å². The van der Waals surface area contributed by atoms with Crippen LogP contribution in [0.1, 0.15) is 12.0 Å². The first-order valence-corrected chi connectivity index (χ1v) is 5.00. The van der Waals surface area contributed by atoms with Crippen molar-refractivity contribution < 1.29 is 9.53 Å². The second-order valence-corrected chi connectivity index (χ2v) is 3.78. The van der Waals surface area contributed by atoms with Crippen LogP contribution in [-0.2, 0) is 4.79 Å². The third-order valence-electron chi connectivity index (χ3n) is 2.78. The molecular weight excluding hydrogens is 188 g/mol. The highest BCUT2D eigenvalue weighted by Crippen LogP contribution is 2.36. The molecule has 0 saturated carbocycles. The van der Waals surface area contributed by atoms with Crippen molar-refractivity contribution in [3.05, 3.63) is 47.6 Å². The average Bonchev–Trinajstić information content (AvgIpc) is 2.28. The topological polar surface area (TPSA) is 26.3 Å². The van der Waals surface area contributed by atoms with Gasteiger partial charge in [-0.2, -0.15) is 0 Å². The first kappa shape index (κ1) is 8.48. The lowest BCUT2D eigenvalue weighted by Gasteiger charge is -2.23. The Bertz CT molecular complexity index is 495. The molecule has 0 radical (unpaired) electrons. The van der Waals surface area contributed by atoms with Crippen LogP contribution in [0.25, 0.3) is 5.57 Å². The summed E-state index contributed by atoms with van der Waals surface area (Å²) in [6.45, 7) is 0.544. The van der Waals surface area contributed by atoms with E-state index in [-0.39, 0.29) is 5.78 Å². The van der Waals surface area contributed by atoms with Gasteiger partial charge >= 0.3 is 0 Å². The third-order valence-corrected chi connectivity index (χ3v) is 2.78. The molecule has 1 aliphatic carbocycles. The molecule has 0 unspecified atom stereocenters. The van der Waals surface area contributed by atoms with Gasteiger partial charge in [0.1, 0.15) is 12.4 Å². The summed E-state index contributed by atoms with van der Waals surface area (Å²) in [6, 6.07) is 7.94. The summed E-state index contributed by atoms with van der Waals surface area (Å²) in [7, 11) is 0. The molecule has 2 nitrogen and oxygen atoms in total. The SMILES string of the molecule is O=C1C=CC2=C(COc3ccccc32)C1. The van der Waals surface area contributed by atoms with Crippen molar-refractivity contribution in [2.75, 3.05) is 6.61 Å². The Morgan fingerprint density at radius 2 is 2.00 bits per heavy atom. The number of ether oxygens (including phenoxy) is 1. The first-order valence-electron chi connectivity index (χ1n) is 5.00. The molecule has 2 aliphatic rings. The fourth-order valence-corrected chi connectivity index (χ4v) is 2.05. The Kier molecular flexibility index (Phi) is 1.75. The molecular formula is C13H10O2. The summed E-state index contributed by atoms with van der Waals surface area (Å²) in [4.78, 5) is 11.3. The van der Waals surface area contributed by atoms with Crippen LogP contribution in [0, 0.1) is 0 Å². The van der Waals surface area contributed by atoms with E-state index in [1.165, 1.54) is 0 Å². The van der Waals surface area contributed by atoms with Crippen molar-refractivity contribution in [3.63, 3.8) is 0 Å². The molecule has 1 heterocycles. The quantitative estimate of drug-likeness (QED) is 0.639. The summed E-state index contributed by atoms with van der Waals surface area (Å²) in [5, 5.41) is 0. The van der Waals surface area contributed by atoms with Gasteiger partial charge in [-0.25, -0.2) is 0 Å². The van der Waals surface area contributed by atoms with Gasteiger partial charge in [0.2, 0.25) is 0 Å². The lowest BCUT2D eigenvalue weighted by atomic mass is 9.90. The van der Waals surface area contributed by atoms with Crippen molar-refractivity contribution >= 4 is 11.4 Å². The van der Waals surface area contributed by atoms with Crippen LogP contribution in [0.5, 0.6) is 5.75 Å². The van der Waals surface area contributed by atoms with Crippen LogP contribution in [0.4, 0.5) is 0 Å². The lowest BCUT2D eigenvalue weighted by Crippen LogP contribution is -2.15. The van der Waals surface area contributed by atoms with Crippen molar-refractivity contribution in [1.29, 1.82) is 0 Å². The number of benzene rings is 1. The number of hydrogen-bond acceptors (Lipinski definition) is 2. The number of hydrogen-bond donors (Lipinski definition) is 0. The molecule has 3 rings (SSSR count). The summed E-state index contributed by atoms with van der Waals surface area (Å²) in [5.74, 6) is 1.08. The molecule has 0 fully saturated rings. The van der Waals surface area contributed by atoms with Crippen molar-refractivity contribution in [1.82, 2.24) is 0 Å². The van der Waals surface area contributed by atoms with Crippen molar-refractivity contribution in [3.8, 4) is 5.75 Å². The van der Waals surface area contributed by atoms with Gasteiger partial charge in [-0.3, -0.25) is 4.79 Å². The molecule has 0 saturated heterocycles. The van der Waals surface area contributed by atoms with Gasteiger partial charge in [0.25, 0.3) is 0 Å². The van der Waals surface area contributed by atoms with Crippen LogP contribution in [0.15, 0.2) is 42.0 Å². The van der Waals surface area contributed by atoms with Crippen LogP contribution in [-0.4, -0.2) is 12.4 Å². The van der Waals surface area contributed by atoms with E-state index in [9.17, 15) is 4.79 Å². The molecule has 0 aromatic heterocycles. The highest BCUT2D eigenvalue weighted by molar-refractivity contribution is 6.00. The molecule has 74 valence electrons. The highest BCUT2D eigenvalue weighted by Gasteiger charge is 2.21. The Hall–Kier alpha value is -1.83. The normalized spacial score (nSPS) is 18.3. The standard InChI is InChI=1S/C13H10O2/c14-10-5-6-11-9(7-10)8-15-13-4-2-1-3-12(11)13/h1-6H,7-8H2. The number of carbonyl (C=O) groups is 1.